The third kappa shape index (κ3) is 3.73. The number of aromatic nitrogens is 2. The topological polar surface area (TPSA) is 76.0 Å². The molecule has 0 radical (unpaired) electrons. The molecule has 2 heterocycles. The van der Waals surface area contributed by atoms with E-state index in [1.807, 2.05) is 33.8 Å². The maximum Gasteiger partial charge on any atom is 0.267 e. The molecule has 118 valence electrons. The first-order valence-electron chi connectivity index (χ1n) is 6.89. The normalized spacial score (nSPS) is 11.3. The molecule has 0 unspecified atom stereocenters. The van der Waals surface area contributed by atoms with Gasteiger partial charge in [0, 0.05) is 24.7 Å². The van der Waals surface area contributed by atoms with E-state index in [4.69, 9.17) is 0 Å². The Hall–Kier alpha value is -2.15. The summed E-state index contributed by atoms with van der Waals surface area (Å²) in [7, 11) is 1.78. The van der Waals surface area contributed by atoms with Gasteiger partial charge in [0.2, 0.25) is 5.91 Å². The smallest absolute Gasteiger partial charge is 0.267 e. The molecule has 6 nitrogen and oxygen atoms in total. The number of rotatable bonds is 3. The van der Waals surface area contributed by atoms with Gasteiger partial charge < -0.3 is 10.6 Å². The highest BCUT2D eigenvalue weighted by molar-refractivity contribution is 7.18. The summed E-state index contributed by atoms with van der Waals surface area (Å²) in [6.45, 7) is 7.38. The fourth-order valence-corrected chi connectivity index (χ4v) is 2.69. The van der Waals surface area contributed by atoms with Gasteiger partial charge in [-0.2, -0.15) is 5.10 Å². The number of carbonyl (C=O) groups is 2. The number of nitrogens with one attached hydrogen (secondary N) is 2. The van der Waals surface area contributed by atoms with Crippen LogP contribution in [0.25, 0.3) is 0 Å². The minimum absolute atomic E-state index is 0.0783. The molecule has 0 saturated heterocycles. The monoisotopic (exact) mass is 320 g/mol. The van der Waals surface area contributed by atoms with Crippen molar-refractivity contribution in [1.82, 2.24) is 9.78 Å². The van der Waals surface area contributed by atoms with Crippen molar-refractivity contribution in [3.63, 3.8) is 0 Å². The van der Waals surface area contributed by atoms with Gasteiger partial charge >= 0.3 is 0 Å². The SMILES string of the molecule is Cc1cc(NC(=O)C(C)(C)C)sc1C(=O)Nc1ccn(C)n1. The van der Waals surface area contributed by atoms with Crippen LogP contribution in [-0.4, -0.2) is 21.6 Å². The van der Waals surface area contributed by atoms with E-state index in [9.17, 15) is 9.59 Å². The molecule has 2 amide bonds. The van der Waals surface area contributed by atoms with Crippen molar-refractivity contribution >= 4 is 34.0 Å². The fraction of sp³-hybridized carbons (Fsp3) is 0.400. The Morgan fingerprint density at radius 3 is 2.50 bits per heavy atom. The second-order valence-corrected chi connectivity index (χ2v) is 7.21. The molecule has 2 aromatic rings. The Balaban J connectivity index is 2.12. The van der Waals surface area contributed by atoms with Gasteiger partial charge in [0.05, 0.1) is 9.88 Å². The summed E-state index contributed by atoms with van der Waals surface area (Å²) in [6.07, 6.45) is 1.76. The average molecular weight is 320 g/mol. The lowest BCUT2D eigenvalue weighted by molar-refractivity contribution is -0.123. The predicted molar refractivity (Wildman–Crippen MR) is 88.3 cm³/mol. The maximum absolute atomic E-state index is 12.3. The highest BCUT2D eigenvalue weighted by Crippen LogP contribution is 2.29. The van der Waals surface area contributed by atoms with E-state index in [0.29, 0.717) is 15.7 Å². The van der Waals surface area contributed by atoms with Gasteiger partial charge in [-0.25, -0.2) is 0 Å². The number of hydrogen-bond donors (Lipinski definition) is 2. The van der Waals surface area contributed by atoms with Crippen LogP contribution in [0.3, 0.4) is 0 Å². The Bertz CT molecular complexity index is 709. The van der Waals surface area contributed by atoms with Crippen molar-refractivity contribution in [3.05, 3.63) is 28.8 Å². The third-order valence-electron chi connectivity index (χ3n) is 3.00. The number of thiophene rings is 1. The molecule has 0 aromatic carbocycles. The lowest BCUT2D eigenvalue weighted by atomic mass is 9.96. The van der Waals surface area contributed by atoms with Gasteiger partial charge in [0.1, 0.15) is 0 Å². The van der Waals surface area contributed by atoms with Crippen molar-refractivity contribution in [2.45, 2.75) is 27.7 Å². The van der Waals surface area contributed by atoms with Crippen LogP contribution in [0.1, 0.15) is 36.0 Å². The molecule has 22 heavy (non-hydrogen) atoms. The van der Waals surface area contributed by atoms with Crippen molar-refractivity contribution in [2.24, 2.45) is 12.5 Å². The molecular weight excluding hydrogens is 300 g/mol. The van der Waals surface area contributed by atoms with E-state index in [1.165, 1.54) is 11.3 Å². The molecule has 2 N–H and O–H groups in total. The van der Waals surface area contributed by atoms with Gasteiger partial charge in [-0.15, -0.1) is 11.3 Å². The first kappa shape index (κ1) is 16.2. The predicted octanol–water partition coefficient (Wildman–Crippen LogP) is 3.03. The number of amides is 2. The molecule has 7 heteroatoms. The minimum Gasteiger partial charge on any atom is -0.317 e. The second kappa shape index (κ2) is 5.92. The van der Waals surface area contributed by atoms with Crippen LogP contribution >= 0.6 is 11.3 Å². The summed E-state index contributed by atoms with van der Waals surface area (Å²) >= 11 is 1.26. The molecular formula is C15H20N4O2S. The number of aryl methyl sites for hydroxylation is 2. The van der Waals surface area contributed by atoms with E-state index >= 15 is 0 Å². The molecule has 0 saturated carbocycles. The molecule has 2 aromatic heterocycles. The zero-order valence-electron chi connectivity index (χ0n) is 13.4. The minimum atomic E-state index is -0.478. The summed E-state index contributed by atoms with van der Waals surface area (Å²) in [6, 6.07) is 3.53. The Morgan fingerprint density at radius 1 is 1.27 bits per heavy atom. The van der Waals surface area contributed by atoms with Crippen LogP contribution in [-0.2, 0) is 11.8 Å². The quantitative estimate of drug-likeness (QED) is 0.912. The fourth-order valence-electron chi connectivity index (χ4n) is 1.72. The van der Waals surface area contributed by atoms with E-state index in [1.54, 1.807) is 24.0 Å². The Labute approximate surface area is 133 Å². The summed E-state index contributed by atoms with van der Waals surface area (Å²) in [5.74, 6) is 0.198. The number of nitrogens with zero attached hydrogens (tertiary/aromatic N) is 2. The van der Waals surface area contributed by atoms with Crippen molar-refractivity contribution in [1.29, 1.82) is 0 Å². The van der Waals surface area contributed by atoms with Crippen LogP contribution in [0.15, 0.2) is 18.3 Å². The van der Waals surface area contributed by atoms with Crippen molar-refractivity contribution < 1.29 is 9.59 Å². The second-order valence-electron chi connectivity index (χ2n) is 6.16. The van der Waals surface area contributed by atoms with E-state index in [2.05, 4.69) is 15.7 Å². The molecule has 0 bridgehead atoms. The van der Waals surface area contributed by atoms with Gasteiger partial charge in [-0.05, 0) is 18.6 Å². The molecule has 0 atom stereocenters. The largest absolute Gasteiger partial charge is 0.317 e. The Kier molecular flexibility index (Phi) is 4.37. The maximum atomic E-state index is 12.3. The molecule has 0 aliphatic heterocycles. The Morgan fingerprint density at radius 2 is 1.95 bits per heavy atom. The van der Waals surface area contributed by atoms with Crippen LogP contribution < -0.4 is 10.6 Å². The molecule has 0 aliphatic rings. The van der Waals surface area contributed by atoms with Crippen molar-refractivity contribution in [3.8, 4) is 0 Å². The first-order chi connectivity index (χ1) is 10.2. The summed E-state index contributed by atoms with van der Waals surface area (Å²) in [5.41, 5.74) is 0.344. The van der Waals surface area contributed by atoms with Crippen molar-refractivity contribution in [2.75, 3.05) is 10.6 Å². The van der Waals surface area contributed by atoms with E-state index in [0.717, 1.165) is 5.56 Å². The number of hydrogen-bond acceptors (Lipinski definition) is 4. The highest BCUT2D eigenvalue weighted by Gasteiger charge is 2.23. The van der Waals surface area contributed by atoms with Gasteiger partial charge in [0.15, 0.2) is 5.82 Å². The van der Waals surface area contributed by atoms with Crippen LogP contribution in [0.5, 0.6) is 0 Å². The third-order valence-corrected chi connectivity index (χ3v) is 4.15. The molecule has 0 spiro atoms. The lowest BCUT2D eigenvalue weighted by Gasteiger charge is -2.16. The molecule has 2 rings (SSSR count). The van der Waals surface area contributed by atoms with Gasteiger partial charge in [-0.1, -0.05) is 20.8 Å². The zero-order valence-corrected chi connectivity index (χ0v) is 14.2. The highest BCUT2D eigenvalue weighted by atomic mass is 32.1. The number of anilines is 2. The van der Waals surface area contributed by atoms with E-state index in [-0.39, 0.29) is 11.8 Å². The van der Waals surface area contributed by atoms with Gasteiger partial charge in [0.25, 0.3) is 5.91 Å². The lowest BCUT2D eigenvalue weighted by Crippen LogP contribution is -2.27. The summed E-state index contributed by atoms with van der Waals surface area (Å²) in [5, 5.41) is 10.4. The van der Waals surface area contributed by atoms with Crippen LogP contribution in [0.2, 0.25) is 0 Å². The average Bonchev–Trinajstić information content (AvgIpc) is 2.94. The molecule has 0 fully saturated rings. The molecule has 0 aliphatic carbocycles. The van der Waals surface area contributed by atoms with E-state index < -0.39 is 5.41 Å². The first-order valence-corrected chi connectivity index (χ1v) is 7.71. The zero-order chi connectivity index (χ0) is 16.5. The standard InChI is InChI=1S/C15H20N4O2S/c1-9-8-11(17-14(21)15(2,3)4)22-12(9)13(20)16-10-6-7-19(5)18-10/h6-8H,1-5H3,(H,17,21)(H,16,18,20). The summed E-state index contributed by atoms with van der Waals surface area (Å²) in [4.78, 5) is 24.8. The van der Waals surface area contributed by atoms with Crippen LogP contribution in [0.4, 0.5) is 10.8 Å². The number of carbonyl (C=O) groups excluding carboxylic acids is 2. The summed E-state index contributed by atoms with van der Waals surface area (Å²) < 4.78 is 1.62. The van der Waals surface area contributed by atoms with Crippen LogP contribution in [0, 0.1) is 12.3 Å². The van der Waals surface area contributed by atoms with Gasteiger partial charge in [-0.3, -0.25) is 14.3 Å².